The Labute approximate surface area is 86.4 Å². The fraction of sp³-hybridized carbons (Fsp3) is 0.333. The molecule has 3 radical (unpaired) electrons. The van der Waals surface area contributed by atoms with Gasteiger partial charge < -0.3 is 0 Å². The first-order valence-corrected chi connectivity index (χ1v) is 4.40. The molecule has 0 aliphatic carbocycles. The van der Waals surface area contributed by atoms with Gasteiger partial charge in [0.2, 0.25) is 0 Å². The molecule has 0 fully saturated rings. The van der Waals surface area contributed by atoms with Gasteiger partial charge in [-0.05, 0) is 20.8 Å². The zero-order chi connectivity index (χ0) is 11.6. The zero-order valence-corrected chi connectivity index (χ0v) is 8.31. The molecular formula is C9H12N3O3. The fourth-order valence-electron chi connectivity index (χ4n) is 1.26. The van der Waals surface area contributed by atoms with E-state index in [4.69, 9.17) is 0 Å². The van der Waals surface area contributed by atoms with Crippen molar-refractivity contribution in [2.24, 2.45) is 0 Å². The molecule has 1 aromatic heterocycles. The highest BCUT2D eigenvalue weighted by Gasteiger charge is 2.11. The summed E-state index contributed by atoms with van der Waals surface area (Å²) in [6, 6.07) is 0. The largest absolute Gasteiger partial charge is 0.336 e. The van der Waals surface area contributed by atoms with Crippen LogP contribution < -0.4 is 17.1 Å². The van der Waals surface area contributed by atoms with Gasteiger partial charge in [-0.1, -0.05) is 0 Å². The van der Waals surface area contributed by atoms with Crippen molar-refractivity contribution in [1.82, 2.24) is 13.7 Å². The summed E-state index contributed by atoms with van der Waals surface area (Å²) in [5.74, 6) is 0. The van der Waals surface area contributed by atoms with Gasteiger partial charge in [-0.15, -0.1) is 0 Å². The average Bonchev–Trinajstić information content (AvgIpc) is 2.19. The second-order valence-electron chi connectivity index (χ2n) is 2.80. The summed E-state index contributed by atoms with van der Waals surface area (Å²) in [5, 5.41) is 0. The summed E-state index contributed by atoms with van der Waals surface area (Å²) in [6.07, 6.45) is 0. The smallest absolute Gasteiger partial charge is 0.247 e. The SMILES string of the molecule is [CH2]Cn1c(=O)n(C[CH2])c(=O)n(C[CH2])c1=O. The maximum absolute atomic E-state index is 11.6. The second-order valence-corrected chi connectivity index (χ2v) is 2.80. The quantitative estimate of drug-likeness (QED) is 0.621. The zero-order valence-electron chi connectivity index (χ0n) is 8.31. The maximum Gasteiger partial charge on any atom is 0.336 e. The molecule has 0 N–H and O–H groups in total. The van der Waals surface area contributed by atoms with E-state index < -0.39 is 17.1 Å². The fourth-order valence-corrected chi connectivity index (χ4v) is 1.26. The summed E-state index contributed by atoms with van der Waals surface area (Å²) in [4.78, 5) is 34.7. The van der Waals surface area contributed by atoms with Crippen LogP contribution in [-0.2, 0) is 19.6 Å². The van der Waals surface area contributed by atoms with Gasteiger partial charge >= 0.3 is 17.1 Å². The van der Waals surface area contributed by atoms with Gasteiger partial charge in [0, 0.05) is 19.6 Å². The molecule has 0 spiro atoms. The molecule has 0 saturated heterocycles. The molecule has 0 aliphatic rings. The minimum Gasteiger partial charge on any atom is -0.247 e. The maximum atomic E-state index is 11.6. The predicted molar refractivity (Wildman–Crippen MR) is 55.3 cm³/mol. The van der Waals surface area contributed by atoms with Crippen LogP contribution in [0.5, 0.6) is 0 Å². The summed E-state index contributed by atoms with van der Waals surface area (Å²) in [6.45, 7) is 10.3. The van der Waals surface area contributed by atoms with Crippen LogP contribution >= 0.6 is 0 Å². The van der Waals surface area contributed by atoms with Crippen molar-refractivity contribution >= 4 is 0 Å². The number of hydrogen-bond donors (Lipinski definition) is 0. The standard InChI is InChI=1S/C9H12N3O3/c1-4-10-7(13)11(5-2)9(15)12(6-3)8(10)14/h1-6H2. The van der Waals surface area contributed by atoms with Crippen LogP contribution in [-0.4, -0.2) is 13.7 Å². The molecule has 15 heavy (non-hydrogen) atoms. The van der Waals surface area contributed by atoms with Gasteiger partial charge in [0.15, 0.2) is 0 Å². The molecule has 0 bridgehead atoms. The Bertz CT molecular complexity index is 414. The van der Waals surface area contributed by atoms with E-state index in [0.29, 0.717) is 0 Å². The predicted octanol–water partition coefficient (Wildman–Crippen LogP) is -1.33. The van der Waals surface area contributed by atoms with Crippen LogP contribution in [0.15, 0.2) is 14.4 Å². The van der Waals surface area contributed by atoms with Crippen LogP contribution in [0.1, 0.15) is 0 Å². The van der Waals surface area contributed by atoms with Crippen LogP contribution in [0, 0.1) is 20.8 Å². The Morgan fingerprint density at radius 3 is 1.00 bits per heavy atom. The Balaban J connectivity index is 3.82. The lowest BCUT2D eigenvalue weighted by atomic mass is 10.6. The van der Waals surface area contributed by atoms with Gasteiger partial charge in [-0.3, -0.25) is 0 Å². The molecule has 6 nitrogen and oxygen atoms in total. The van der Waals surface area contributed by atoms with Gasteiger partial charge in [0.25, 0.3) is 0 Å². The lowest BCUT2D eigenvalue weighted by Crippen LogP contribution is -2.54. The third kappa shape index (κ3) is 1.67. The minimum atomic E-state index is -0.681. The molecule has 6 heteroatoms. The van der Waals surface area contributed by atoms with E-state index in [1.807, 2.05) is 0 Å². The van der Waals surface area contributed by atoms with Crippen molar-refractivity contribution in [2.75, 3.05) is 0 Å². The summed E-state index contributed by atoms with van der Waals surface area (Å²) in [7, 11) is 0. The van der Waals surface area contributed by atoms with Crippen molar-refractivity contribution in [3.63, 3.8) is 0 Å². The highest BCUT2D eigenvalue weighted by atomic mass is 16.2. The minimum absolute atomic E-state index is 0.0298. The van der Waals surface area contributed by atoms with Gasteiger partial charge in [-0.2, -0.15) is 0 Å². The normalized spacial score (nSPS) is 10.6. The first kappa shape index (κ1) is 11.5. The lowest BCUT2D eigenvalue weighted by Gasteiger charge is -2.09. The van der Waals surface area contributed by atoms with Crippen molar-refractivity contribution in [3.05, 3.63) is 52.2 Å². The van der Waals surface area contributed by atoms with E-state index in [1.54, 1.807) is 0 Å². The molecule has 0 unspecified atom stereocenters. The molecule has 0 atom stereocenters. The van der Waals surface area contributed by atoms with Gasteiger partial charge in [-0.25, -0.2) is 28.1 Å². The molecule has 1 rings (SSSR count). The van der Waals surface area contributed by atoms with E-state index in [-0.39, 0.29) is 19.6 Å². The number of rotatable bonds is 3. The van der Waals surface area contributed by atoms with Crippen LogP contribution in [0.25, 0.3) is 0 Å². The van der Waals surface area contributed by atoms with E-state index in [9.17, 15) is 14.4 Å². The van der Waals surface area contributed by atoms with Crippen LogP contribution in [0.2, 0.25) is 0 Å². The highest BCUT2D eigenvalue weighted by molar-refractivity contribution is 4.80. The molecule has 0 aromatic carbocycles. The summed E-state index contributed by atoms with van der Waals surface area (Å²) in [5.41, 5.74) is -2.04. The number of nitrogens with zero attached hydrogens (tertiary/aromatic N) is 3. The van der Waals surface area contributed by atoms with E-state index in [1.165, 1.54) is 0 Å². The van der Waals surface area contributed by atoms with Gasteiger partial charge in [0.1, 0.15) is 0 Å². The monoisotopic (exact) mass is 210 g/mol. The van der Waals surface area contributed by atoms with Crippen molar-refractivity contribution < 1.29 is 0 Å². The van der Waals surface area contributed by atoms with E-state index in [2.05, 4.69) is 20.8 Å². The summed E-state index contributed by atoms with van der Waals surface area (Å²) < 4.78 is 2.62. The van der Waals surface area contributed by atoms with Crippen molar-refractivity contribution in [1.29, 1.82) is 0 Å². The number of hydrogen-bond acceptors (Lipinski definition) is 3. The Morgan fingerprint density at radius 1 is 0.667 bits per heavy atom. The van der Waals surface area contributed by atoms with Crippen molar-refractivity contribution in [3.8, 4) is 0 Å². The molecule has 1 aromatic rings. The molecule has 0 aliphatic heterocycles. The molecule has 1 heterocycles. The first-order chi connectivity index (χ1) is 7.08. The number of aromatic nitrogens is 3. The second kappa shape index (κ2) is 4.29. The average molecular weight is 210 g/mol. The van der Waals surface area contributed by atoms with E-state index >= 15 is 0 Å². The Morgan fingerprint density at radius 2 is 0.867 bits per heavy atom. The van der Waals surface area contributed by atoms with Crippen LogP contribution in [0.3, 0.4) is 0 Å². The molecule has 0 saturated carbocycles. The molecule has 81 valence electrons. The third-order valence-electron chi connectivity index (χ3n) is 2.06. The molecule has 0 amide bonds. The Kier molecular flexibility index (Phi) is 3.28. The summed E-state index contributed by atoms with van der Waals surface area (Å²) >= 11 is 0. The Hall–Kier alpha value is -1.59. The topological polar surface area (TPSA) is 66.0 Å². The lowest BCUT2D eigenvalue weighted by molar-refractivity contribution is 0.499. The van der Waals surface area contributed by atoms with E-state index in [0.717, 1.165) is 13.7 Å². The first-order valence-electron chi connectivity index (χ1n) is 4.40. The van der Waals surface area contributed by atoms with Crippen molar-refractivity contribution in [2.45, 2.75) is 19.6 Å². The van der Waals surface area contributed by atoms with Crippen LogP contribution in [0.4, 0.5) is 0 Å². The third-order valence-corrected chi connectivity index (χ3v) is 2.06. The van der Waals surface area contributed by atoms with Gasteiger partial charge in [0.05, 0.1) is 0 Å². The molecular weight excluding hydrogens is 198 g/mol. The highest BCUT2D eigenvalue weighted by Crippen LogP contribution is 1.74.